The molecule has 0 saturated heterocycles. The van der Waals surface area contributed by atoms with Crippen LogP contribution in [0.15, 0.2) is 73.2 Å². The number of alkyl halides is 6. The molecule has 0 N–H and O–H groups in total. The van der Waals surface area contributed by atoms with Crippen molar-refractivity contribution in [1.82, 2.24) is 44.9 Å². The summed E-state index contributed by atoms with van der Waals surface area (Å²) in [6.45, 7) is 6.61. The normalized spacial score (nSPS) is 11.5. The van der Waals surface area contributed by atoms with Crippen molar-refractivity contribution < 1.29 is 59.8 Å². The van der Waals surface area contributed by atoms with Gasteiger partial charge in [-0.15, -0.1) is 11.2 Å². The number of aromatic nitrogens is 10. The van der Waals surface area contributed by atoms with E-state index in [0.29, 0.717) is 11.4 Å². The molecule has 0 aliphatic heterocycles. The fraction of sp³-hybridized carbons (Fsp3) is 0.226. The summed E-state index contributed by atoms with van der Waals surface area (Å²) in [5.74, 6) is -4.08. The molecule has 10 nitrogen and oxygen atoms in total. The summed E-state index contributed by atoms with van der Waals surface area (Å²) in [6.07, 6.45) is -4.17. The van der Waals surface area contributed by atoms with Gasteiger partial charge in [0.25, 0.3) is 5.82 Å². The predicted octanol–water partition coefficient (Wildman–Crippen LogP) is 5.60. The van der Waals surface area contributed by atoms with Gasteiger partial charge in [0.15, 0.2) is 6.20 Å². The van der Waals surface area contributed by atoms with Crippen molar-refractivity contribution in [3.05, 3.63) is 103 Å². The van der Waals surface area contributed by atoms with E-state index in [9.17, 15) is 35.1 Å². The Labute approximate surface area is 300 Å². The molecule has 6 aromatic heterocycles. The summed E-state index contributed by atoms with van der Waals surface area (Å²) in [5, 5.41) is 10.8. The van der Waals surface area contributed by atoms with Crippen LogP contribution in [0.25, 0.3) is 34.3 Å². The van der Waals surface area contributed by atoms with E-state index in [0.717, 1.165) is 10.7 Å². The number of aryl methyl sites for hydroxylation is 2. The van der Waals surface area contributed by atoms with Crippen molar-refractivity contribution in [3.63, 3.8) is 0 Å². The summed E-state index contributed by atoms with van der Waals surface area (Å²) >= 11 is 0. The zero-order valence-electron chi connectivity index (χ0n) is 27.3. The molecule has 1 radical (unpaired) electrons. The van der Waals surface area contributed by atoms with Gasteiger partial charge < -0.3 is 15.1 Å². The van der Waals surface area contributed by atoms with Gasteiger partial charge in [-0.3, -0.25) is 15.1 Å². The van der Waals surface area contributed by atoms with E-state index in [4.69, 9.17) is 0 Å². The minimum absolute atomic E-state index is 0. The van der Waals surface area contributed by atoms with Gasteiger partial charge in [-0.2, -0.15) is 35.9 Å². The molecular formula is C31H27F8IrN10Si-. The molecule has 0 saturated carbocycles. The number of rotatable bonds is 4. The smallest absolute Gasteiger partial charge is 0.413 e. The number of hydrogen-bond acceptors (Lipinski definition) is 7. The first-order valence-electron chi connectivity index (χ1n) is 14.3. The molecule has 0 aliphatic rings. The summed E-state index contributed by atoms with van der Waals surface area (Å²) in [5.41, 5.74) is 1.35. The Bertz CT molecular complexity index is 2030. The second-order valence-electron chi connectivity index (χ2n) is 11.3. The molecule has 51 heavy (non-hydrogen) atoms. The van der Waals surface area contributed by atoms with Gasteiger partial charge in [-0.25, -0.2) is 13.5 Å². The van der Waals surface area contributed by atoms with Gasteiger partial charge in [-0.05, 0) is 34.9 Å². The Morgan fingerprint density at radius 1 is 0.824 bits per heavy atom. The predicted molar refractivity (Wildman–Crippen MR) is 165 cm³/mol. The van der Waals surface area contributed by atoms with Gasteiger partial charge in [-0.1, -0.05) is 49.5 Å². The SMILES string of the molecule is C[Si](C)(C)c1ccc(-c2[c-]cc(F)nc2F)nc1.Cn1nc(C(F)(F)F)nc1-c1cccc[n+]1C.FC(F)(F)c1n[n-]c(-c2ccccn2)n1.[Ir]. The number of nitrogens with zero attached hydrogens (tertiary/aromatic N) is 10. The summed E-state index contributed by atoms with van der Waals surface area (Å²) < 4.78 is 103. The van der Waals surface area contributed by atoms with Crippen LogP contribution in [0.4, 0.5) is 35.1 Å². The maximum atomic E-state index is 13.5. The van der Waals surface area contributed by atoms with Crippen LogP contribution < -0.4 is 14.9 Å². The first-order valence-corrected chi connectivity index (χ1v) is 17.8. The van der Waals surface area contributed by atoms with Crippen LogP contribution >= 0.6 is 0 Å². The standard InChI is InChI=1S/C13H13F2N2Si.C10H10F3N4.C8H4F3N4.Ir/c1-18(2,3)9-4-6-11(16-8-9)10-5-7-12(14)17-13(10)15;1-16-6-4-3-5-7(16)8-14-9(10(11,12)13)15-17(8)2;9-8(10,11)7-13-6(14-15-7)5-3-1-2-4-12-5;/h4,6-8H,1-3H3;3-6H,1-2H3;1-4H;/q-1;+1;-1;. The van der Waals surface area contributed by atoms with Crippen molar-refractivity contribution in [2.75, 3.05) is 0 Å². The molecular weight excluding hydrogens is 885 g/mol. The van der Waals surface area contributed by atoms with E-state index in [1.54, 1.807) is 60.4 Å². The summed E-state index contributed by atoms with van der Waals surface area (Å²) in [6, 6.07) is 17.2. The van der Waals surface area contributed by atoms with Crippen LogP contribution in [-0.4, -0.2) is 47.9 Å². The minimum Gasteiger partial charge on any atom is -0.413 e. The van der Waals surface area contributed by atoms with Crippen molar-refractivity contribution in [1.29, 1.82) is 0 Å². The summed E-state index contributed by atoms with van der Waals surface area (Å²) in [7, 11) is 1.75. The van der Waals surface area contributed by atoms with Crippen LogP contribution in [-0.2, 0) is 46.6 Å². The second-order valence-corrected chi connectivity index (χ2v) is 16.4. The van der Waals surface area contributed by atoms with E-state index in [-0.39, 0.29) is 43.0 Å². The number of hydrogen-bond donors (Lipinski definition) is 0. The zero-order chi connectivity index (χ0) is 36.9. The first kappa shape index (κ1) is 40.6. The monoisotopic (exact) mass is 912 g/mol. The largest absolute Gasteiger partial charge is 0.453 e. The average Bonchev–Trinajstić information content (AvgIpc) is 3.70. The molecule has 0 aliphatic carbocycles. The Kier molecular flexibility index (Phi) is 13.1. The molecule has 0 unspecified atom stereocenters. The number of halogens is 8. The molecule has 6 rings (SSSR count). The molecule has 6 aromatic rings. The zero-order valence-corrected chi connectivity index (χ0v) is 30.7. The maximum absolute atomic E-state index is 13.5. The fourth-order valence-electron chi connectivity index (χ4n) is 3.98. The van der Waals surface area contributed by atoms with Gasteiger partial charge in [0.1, 0.15) is 24.8 Å². The average molecular weight is 912 g/mol. The van der Waals surface area contributed by atoms with Crippen LogP contribution in [0.2, 0.25) is 19.6 Å². The Morgan fingerprint density at radius 2 is 1.51 bits per heavy atom. The Hall–Kier alpha value is -4.81. The van der Waals surface area contributed by atoms with Gasteiger partial charge >= 0.3 is 12.4 Å². The fourth-order valence-corrected chi connectivity index (χ4v) is 5.02. The van der Waals surface area contributed by atoms with Crippen LogP contribution in [0.1, 0.15) is 11.6 Å². The van der Waals surface area contributed by atoms with Gasteiger partial charge in [0.2, 0.25) is 11.5 Å². The third kappa shape index (κ3) is 10.8. The van der Waals surface area contributed by atoms with E-state index in [1.807, 2.05) is 6.07 Å². The number of pyridine rings is 4. The second kappa shape index (κ2) is 16.5. The molecule has 0 fully saturated rings. The van der Waals surface area contributed by atoms with Crippen LogP contribution in [0, 0.1) is 18.0 Å². The van der Waals surface area contributed by atoms with Crippen LogP contribution in [0.3, 0.4) is 0 Å². The van der Waals surface area contributed by atoms with Crippen molar-refractivity contribution in [3.8, 4) is 34.3 Å². The third-order valence-electron chi connectivity index (χ3n) is 6.53. The van der Waals surface area contributed by atoms with E-state index in [2.05, 4.69) is 65.9 Å². The maximum Gasteiger partial charge on any atom is 0.453 e. The molecule has 0 spiro atoms. The quantitative estimate of drug-likeness (QED) is 0.0739. The van der Waals surface area contributed by atoms with E-state index in [1.165, 1.54) is 24.5 Å². The molecule has 0 aromatic carbocycles. The molecule has 20 heteroatoms. The third-order valence-corrected chi connectivity index (χ3v) is 8.56. The molecule has 0 atom stereocenters. The topological polar surface area (TPSA) is 113 Å². The Morgan fingerprint density at radius 3 is 2.02 bits per heavy atom. The Balaban J connectivity index is 0.000000205. The van der Waals surface area contributed by atoms with Gasteiger partial charge in [0, 0.05) is 51.7 Å². The van der Waals surface area contributed by atoms with Crippen molar-refractivity contribution in [2.24, 2.45) is 14.1 Å². The van der Waals surface area contributed by atoms with Gasteiger partial charge in [0.05, 0.1) is 13.8 Å². The van der Waals surface area contributed by atoms with E-state index < -0.39 is 44.0 Å². The first-order chi connectivity index (χ1) is 23.3. The molecule has 271 valence electrons. The molecule has 0 bridgehead atoms. The van der Waals surface area contributed by atoms with Crippen LogP contribution in [0.5, 0.6) is 0 Å². The molecule has 6 heterocycles. The van der Waals surface area contributed by atoms with Crippen molar-refractivity contribution >= 4 is 13.3 Å². The van der Waals surface area contributed by atoms with E-state index >= 15 is 0 Å². The summed E-state index contributed by atoms with van der Waals surface area (Å²) in [4.78, 5) is 17.9. The molecule has 0 amide bonds. The van der Waals surface area contributed by atoms with Crippen molar-refractivity contribution in [2.45, 2.75) is 32.0 Å². The minimum atomic E-state index is -4.57.